The summed E-state index contributed by atoms with van der Waals surface area (Å²) in [4.78, 5) is 36.7. The highest BCUT2D eigenvalue weighted by Gasteiger charge is 2.31. The first-order chi connectivity index (χ1) is 16.7. The van der Waals surface area contributed by atoms with Crippen molar-refractivity contribution in [1.29, 1.82) is 0 Å². The van der Waals surface area contributed by atoms with Crippen LogP contribution in [-0.2, 0) is 19.1 Å². The van der Waals surface area contributed by atoms with Crippen molar-refractivity contribution in [3.05, 3.63) is 59.7 Å². The van der Waals surface area contributed by atoms with Gasteiger partial charge < -0.3 is 25.2 Å². The number of alkyl carbamates (subject to hydrolysis) is 1. The molecule has 0 radical (unpaired) electrons. The van der Waals surface area contributed by atoms with E-state index in [1.165, 1.54) is 7.11 Å². The van der Waals surface area contributed by atoms with Crippen LogP contribution in [0.1, 0.15) is 44.2 Å². The maximum absolute atomic E-state index is 12.9. The first-order valence-corrected chi connectivity index (χ1v) is 11.9. The highest BCUT2D eigenvalue weighted by Crippen LogP contribution is 2.44. The summed E-state index contributed by atoms with van der Waals surface area (Å²) in [5, 5.41) is 14.5. The molecule has 3 N–H and O–H groups in total. The van der Waals surface area contributed by atoms with Crippen LogP contribution >= 0.6 is 0 Å². The van der Waals surface area contributed by atoms with Gasteiger partial charge in [0.1, 0.15) is 12.6 Å². The van der Waals surface area contributed by atoms with Crippen LogP contribution in [0.25, 0.3) is 11.1 Å². The molecule has 2 aromatic rings. The smallest absolute Gasteiger partial charge is 0.407 e. The molecule has 1 unspecified atom stereocenters. The lowest BCUT2D eigenvalue weighted by Crippen LogP contribution is -2.54. The number of carbonyl (C=O) groups is 3. The first-order valence-electron chi connectivity index (χ1n) is 11.9. The predicted molar refractivity (Wildman–Crippen MR) is 132 cm³/mol. The third-order valence-corrected chi connectivity index (χ3v) is 6.66. The van der Waals surface area contributed by atoms with E-state index in [1.807, 2.05) is 50.2 Å². The van der Waals surface area contributed by atoms with Crippen LogP contribution in [0.3, 0.4) is 0 Å². The van der Waals surface area contributed by atoms with Crippen LogP contribution in [0.2, 0.25) is 0 Å². The van der Waals surface area contributed by atoms with Crippen LogP contribution in [-0.4, -0.2) is 55.5 Å². The standard InChI is InChI=1S/C27H34N2O6/c1-16(2)18(13-24(30)31)14-28-26(32)25(17(3)34-4)29-27(33)35-15-23-21-11-7-5-9-19(21)20-10-6-8-12-22(20)23/h5-12,16-18,23,25H,13-15H2,1-4H3,(H,28,32)(H,29,33)(H,30,31)/t17-,18?,25+/m1/s1. The van der Waals surface area contributed by atoms with E-state index < -0.39 is 30.1 Å². The van der Waals surface area contributed by atoms with Gasteiger partial charge in [0, 0.05) is 19.6 Å². The zero-order valence-electron chi connectivity index (χ0n) is 20.6. The van der Waals surface area contributed by atoms with E-state index in [4.69, 9.17) is 14.6 Å². The van der Waals surface area contributed by atoms with E-state index in [0.29, 0.717) is 0 Å². The summed E-state index contributed by atoms with van der Waals surface area (Å²) in [6, 6.07) is 15.1. The summed E-state index contributed by atoms with van der Waals surface area (Å²) in [7, 11) is 1.45. The summed E-state index contributed by atoms with van der Waals surface area (Å²) in [6.07, 6.45) is -1.39. The number of methoxy groups -OCH3 is 1. The molecule has 0 fully saturated rings. The molecule has 2 amide bonds. The van der Waals surface area contributed by atoms with Gasteiger partial charge in [-0.05, 0) is 41.0 Å². The van der Waals surface area contributed by atoms with Gasteiger partial charge in [0.15, 0.2) is 0 Å². The minimum atomic E-state index is -0.992. The number of nitrogens with one attached hydrogen (secondary N) is 2. The second kappa shape index (κ2) is 11.8. The molecule has 0 aliphatic heterocycles. The number of hydrogen-bond acceptors (Lipinski definition) is 5. The number of carboxylic acids is 1. The Hall–Kier alpha value is -3.39. The number of rotatable bonds is 11. The summed E-state index contributed by atoms with van der Waals surface area (Å²) >= 11 is 0. The molecule has 0 bridgehead atoms. The van der Waals surface area contributed by atoms with Crippen molar-refractivity contribution in [2.45, 2.75) is 45.3 Å². The molecule has 2 aromatic carbocycles. The molecule has 188 valence electrons. The van der Waals surface area contributed by atoms with Gasteiger partial charge in [0.2, 0.25) is 5.91 Å². The van der Waals surface area contributed by atoms with Crippen molar-refractivity contribution in [3.8, 4) is 11.1 Å². The van der Waals surface area contributed by atoms with Gasteiger partial charge in [-0.3, -0.25) is 9.59 Å². The maximum Gasteiger partial charge on any atom is 0.407 e. The van der Waals surface area contributed by atoms with E-state index in [1.54, 1.807) is 6.92 Å². The third-order valence-electron chi connectivity index (χ3n) is 6.66. The number of hydrogen-bond donors (Lipinski definition) is 3. The highest BCUT2D eigenvalue weighted by molar-refractivity contribution is 5.86. The van der Waals surface area contributed by atoms with Gasteiger partial charge in [-0.15, -0.1) is 0 Å². The van der Waals surface area contributed by atoms with Crippen molar-refractivity contribution in [1.82, 2.24) is 10.6 Å². The van der Waals surface area contributed by atoms with Crippen LogP contribution in [0, 0.1) is 11.8 Å². The number of ether oxygens (including phenoxy) is 2. The molecule has 1 aliphatic rings. The largest absolute Gasteiger partial charge is 0.481 e. The molecule has 8 nitrogen and oxygen atoms in total. The molecule has 1 aliphatic carbocycles. The monoisotopic (exact) mass is 482 g/mol. The molecule has 0 saturated carbocycles. The van der Waals surface area contributed by atoms with Crippen molar-refractivity contribution in [2.75, 3.05) is 20.3 Å². The number of carbonyl (C=O) groups excluding carboxylic acids is 2. The topological polar surface area (TPSA) is 114 Å². The quantitative estimate of drug-likeness (QED) is 0.449. The molecule has 8 heteroatoms. The predicted octanol–water partition coefficient (Wildman–Crippen LogP) is 3.79. The van der Waals surface area contributed by atoms with Gasteiger partial charge in [0.05, 0.1) is 12.5 Å². The van der Waals surface area contributed by atoms with Gasteiger partial charge in [-0.25, -0.2) is 4.79 Å². The second-order valence-electron chi connectivity index (χ2n) is 9.24. The van der Waals surface area contributed by atoms with Gasteiger partial charge in [-0.1, -0.05) is 62.4 Å². The summed E-state index contributed by atoms with van der Waals surface area (Å²) in [6.45, 7) is 5.80. The third kappa shape index (κ3) is 6.39. The van der Waals surface area contributed by atoms with Crippen LogP contribution in [0.15, 0.2) is 48.5 Å². The number of benzene rings is 2. The normalized spacial score (nSPS) is 15.0. The fourth-order valence-corrected chi connectivity index (χ4v) is 4.41. The fraction of sp³-hybridized carbons (Fsp3) is 0.444. The summed E-state index contributed by atoms with van der Waals surface area (Å²) < 4.78 is 10.9. The van der Waals surface area contributed by atoms with Crippen LogP contribution < -0.4 is 10.6 Å². The zero-order valence-corrected chi connectivity index (χ0v) is 20.6. The first kappa shape index (κ1) is 26.2. The Morgan fingerprint density at radius 3 is 2.06 bits per heavy atom. The maximum atomic E-state index is 12.9. The average Bonchev–Trinajstić information content (AvgIpc) is 3.16. The number of aliphatic carboxylic acids is 1. The molecule has 35 heavy (non-hydrogen) atoms. The minimum absolute atomic E-state index is 0.0533. The van der Waals surface area contributed by atoms with E-state index >= 15 is 0 Å². The number of fused-ring (bicyclic) bond motifs is 3. The van der Waals surface area contributed by atoms with Crippen molar-refractivity contribution in [2.24, 2.45) is 11.8 Å². The molecule has 0 aromatic heterocycles. The summed E-state index contributed by atoms with van der Waals surface area (Å²) in [5.41, 5.74) is 4.45. The lowest BCUT2D eigenvalue weighted by atomic mass is 9.92. The Morgan fingerprint density at radius 1 is 0.971 bits per heavy atom. The van der Waals surface area contributed by atoms with Gasteiger partial charge in [-0.2, -0.15) is 0 Å². The molecular formula is C27H34N2O6. The molecule has 3 atom stereocenters. The molecule has 0 spiro atoms. The van der Waals surface area contributed by atoms with Crippen LogP contribution in [0.5, 0.6) is 0 Å². The lowest BCUT2D eigenvalue weighted by Gasteiger charge is -2.25. The second-order valence-corrected chi connectivity index (χ2v) is 9.24. The Labute approximate surface area is 206 Å². The molecular weight excluding hydrogens is 448 g/mol. The van der Waals surface area contributed by atoms with E-state index in [-0.39, 0.29) is 37.3 Å². The summed E-state index contributed by atoms with van der Waals surface area (Å²) in [5.74, 6) is -1.63. The SMILES string of the molecule is CO[C@H](C)[C@H](NC(=O)OCC1c2ccccc2-c2ccccc21)C(=O)NCC(CC(=O)O)C(C)C. The van der Waals surface area contributed by atoms with Gasteiger partial charge in [0.25, 0.3) is 0 Å². The fourth-order valence-electron chi connectivity index (χ4n) is 4.41. The Morgan fingerprint density at radius 2 is 1.54 bits per heavy atom. The van der Waals surface area contributed by atoms with Crippen molar-refractivity contribution in [3.63, 3.8) is 0 Å². The lowest BCUT2D eigenvalue weighted by molar-refractivity contribution is -0.138. The van der Waals surface area contributed by atoms with E-state index in [2.05, 4.69) is 22.8 Å². The van der Waals surface area contributed by atoms with Crippen LogP contribution in [0.4, 0.5) is 4.79 Å². The highest BCUT2D eigenvalue weighted by atomic mass is 16.5. The number of carboxylic acid groups (broad SMARTS) is 1. The number of amides is 2. The Balaban J connectivity index is 1.63. The van der Waals surface area contributed by atoms with E-state index in [0.717, 1.165) is 22.3 Å². The minimum Gasteiger partial charge on any atom is -0.481 e. The molecule has 3 rings (SSSR count). The van der Waals surface area contributed by atoms with Crippen molar-refractivity contribution < 1.29 is 29.0 Å². The Kier molecular flexibility index (Phi) is 8.87. The zero-order chi connectivity index (χ0) is 25.5. The van der Waals surface area contributed by atoms with E-state index in [9.17, 15) is 14.4 Å². The van der Waals surface area contributed by atoms with Crippen molar-refractivity contribution >= 4 is 18.0 Å². The Bertz CT molecular complexity index is 1010. The molecule has 0 saturated heterocycles. The average molecular weight is 483 g/mol. The molecule has 0 heterocycles. The van der Waals surface area contributed by atoms with Gasteiger partial charge >= 0.3 is 12.1 Å².